The highest BCUT2D eigenvalue weighted by Gasteiger charge is 2.44. The van der Waals surface area contributed by atoms with Crippen LogP contribution in [0.5, 0.6) is 0 Å². The molecule has 2 nitrogen and oxygen atoms in total. The van der Waals surface area contributed by atoms with E-state index in [9.17, 15) is 4.79 Å². The maximum absolute atomic E-state index is 11.7. The van der Waals surface area contributed by atoms with Crippen LogP contribution in [0.15, 0.2) is 22.3 Å². The van der Waals surface area contributed by atoms with Crippen molar-refractivity contribution in [2.24, 2.45) is 11.8 Å². The van der Waals surface area contributed by atoms with Crippen molar-refractivity contribution in [1.29, 1.82) is 0 Å². The summed E-state index contributed by atoms with van der Waals surface area (Å²) in [5, 5.41) is 0. The summed E-state index contributed by atoms with van der Waals surface area (Å²) in [4.78, 5) is 11.7. The predicted octanol–water partition coefficient (Wildman–Crippen LogP) is 3.38. The lowest BCUT2D eigenvalue weighted by Gasteiger charge is -2.17. The van der Waals surface area contributed by atoms with Crippen LogP contribution in [0.4, 0.5) is 0 Å². The molecule has 3 unspecified atom stereocenters. The summed E-state index contributed by atoms with van der Waals surface area (Å²) in [5.74, 6) is 0.485. The maximum atomic E-state index is 11.7. The van der Waals surface area contributed by atoms with Gasteiger partial charge >= 0.3 is 5.97 Å². The van der Waals surface area contributed by atoms with Gasteiger partial charge in [-0.25, -0.2) is 0 Å². The van der Waals surface area contributed by atoms with Gasteiger partial charge in [-0.15, -0.1) is 0 Å². The van der Waals surface area contributed by atoms with Crippen molar-refractivity contribution in [1.82, 2.24) is 0 Å². The molecule has 0 spiro atoms. The Balaban J connectivity index is 2.00. The minimum atomic E-state index is 0.00694. The lowest BCUT2D eigenvalue weighted by Crippen LogP contribution is -2.18. The zero-order valence-corrected chi connectivity index (χ0v) is 10.9. The second-order valence-corrected chi connectivity index (χ2v) is 5.85. The SMILES string of the molecule is CC1=C2CCC(C)=C2CC2C(C1)OC(=O)C2C. The van der Waals surface area contributed by atoms with E-state index in [0.717, 1.165) is 12.8 Å². The minimum Gasteiger partial charge on any atom is -0.461 e. The highest BCUT2D eigenvalue weighted by Crippen LogP contribution is 2.46. The summed E-state index contributed by atoms with van der Waals surface area (Å²) >= 11 is 0. The van der Waals surface area contributed by atoms with Crippen molar-refractivity contribution in [3.8, 4) is 0 Å². The van der Waals surface area contributed by atoms with E-state index in [-0.39, 0.29) is 18.0 Å². The minimum absolute atomic E-state index is 0.00694. The average molecular weight is 232 g/mol. The van der Waals surface area contributed by atoms with E-state index in [1.54, 1.807) is 11.1 Å². The fourth-order valence-corrected chi connectivity index (χ4v) is 3.64. The third kappa shape index (κ3) is 1.57. The molecule has 0 radical (unpaired) electrons. The van der Waals surface area contributed by atoms with Crippen molar-refractivity contribution in [3.05, 3.63) is 22.3 Å². The van der Waals surface area contributed by atoms with Crippen LogP contribution in [-0.4, -0.2) is 12.1 Å². The molecule has 1 heterocycles. The third-order valence-electron chi connectivity index (χ3n) is 4.85. The van der Waals surface area contributed by atoms with Crippen LogP contribution in [0.3, 0.4) is 0 Å². The maximum Gasteiger partial charge on any atom is 0.309 e. The number of carbonyl (C=O) groups is 1. The Morgan fingerprint density at radius 1 is 1.06 bits per heavy atom. The normalized spacial score (nSPS) is 36.9. The van der Waals surface area contributed by atoms with Gasteiger partial charge in [0.1, 0.15) is 6.10 Å². The van der Waals surface area contributed by atoms with Crippen LogP contribution in [0.1, 0.15) is 46.5 Å². The van der Waals surface area contributed by atoms with E-state index in [2.05, 4.69) is 13.8 Å². The van der Waals surface area contributed by atoms with E-state index >= 15 is 0 Å². The summed E-state index contributed by atoms with van der Waals surface area (Å²) in [6.45, 7) is 6.49. The van der Waals surface area contributed by atoms with Crippen LogP contribution in [-0.2, 0) is 9.53 Å². The molecule has 0 amide bonds. The van der Waals surface area contributed by atoms with Crippen LogP contribution < -0.4 is 0 Å². The quantitative estimate of drug-likeness (QED) is 0.598. The van der Waals surface area contributed by atoms with Gasteiger partial charge in [0.25, 0.3) is 0 Å². The molecular formula is C15H20O2. The van der Waals surface area contributed by atoms with Gasteiger partial charge in [0, 0.05) is 12.3 Å². The Bertz CT molecular complexity index is 442. The van der Waals surface area contributed by atoms with E-state index in [0.29, 0.717) is 5.92 Å². The molecule has 2 aliphatic carbocycles. The van der Waals surface area contributed by atoms with E-state index in [1.165, 1.54) is 24.0 Å². The first kappa shape index (κ1) is 11.1. The highest BCUT2D eigenvalue weighted by atomic mass is 16.6. The number of hydrogen-bond acceptors (Lipinski definition) is 2. The van der Waals surface area contributed by atoms with Gasteiger partial charge in [-0.05, 0) is 44.3 Å². The molecule has 3 atom stereocenters. The van der Waals surface area contributed by atoms with Gasteiger partial charge < -0.3 is 4.74 Å². The number of hydrogen-bond donors (Lipinski definition) is 0. The fourth-order valence-electron chi connectivity index (χ4n) is 3.64. The number of allylic oxidation sites excluding steroid dienone is 3. The molecular weight excluding hydrogens is 212 g/mol. The summed E-state index contributed by atoms with van der Waals surface area (Å²) in [6, 6.07) is 0. The molecule has 0 N–H and O–H groups in total. The average Bonchev–Trinajstić information content (AvgIpc) is 2.71. The van der Waals surface area contributed by atoms with Crippen molar-refractivity contribution in [3.63, 3.8) is 0 Å². The predicted molar refractivity (Wildman–Crippen MR) is 66.4 cm³/mol. The first-order valence-corrected chi connectivity index (χ1v) is 6.66. The number of ether oxygens (including phenoxy) is 1. The monoisotopic (exact) mass is 232 g/mol. The number of carbonyl (C=O) groups excluding carboxylic acids is 1. The lowest BCUT2D eigenvalue weighted by molar-refractivity contribution is -0.143. The van der Waals surface area contributed by atoms with Gasteiger partial charge in [0.2, 0.25) is 0 Å². The van der Waals surface area contributed by atoms with Gasteiger partial charge in [-0.3, -0.25) is 4.79 Å². The molecule has 2 heteroatoms. The van der Waals surface area contributed by atoms with Crippen LogP contribution in [0, 0.1) is 11.8 Å². The molecule has 0 aromatic heterocycles. The Kier molecular flexibility index (Phi) is 2.42. The zero-order chi connectivity index (χ0) is 12.2. The van der Waals surface area contributed by atoms with Crippen molar-refractivity contribution in [2.75, 3.05) is 0 Å². The second-order valence-electron chi connectivity index (χ2n) is 5.85. The topological polar surface area (TPSA) is 26.3 Å². The molecule has 92 valence electrons. The molecule has 1 saturated heterocycles. The number of rotatable bonds is 0. The molecule has 0 bridgehead atoms. The zero-order valence-electron chi connectivity index (χ0n) is 10.9. The number of esters is 1. The van der Waals surface area contributed by atoms with Gasteiger partial charge in [-0.2, -0.15) is 0 Å². The molecule has 1 fully saturated rings. The Hall–Kier alpha value is -1.05. The third-order valence-corrected chi connectivity index (χ3v) is 4.85. The van der Waals surface area contributed by atoms with Crippen molar-refractivity contribution < 1.29 is 9.53 Å². The Labute approximate surface area is 103 Å². The summed E-state index contributed by atoms with van der Waals surface area (Å²) in [6.07, 6.45) is 4.55. The molecule has 3 aliphatic rings. The smallest absolute Gasteiger partial charge is 0.309 e. The van der Waals surface area contributed by atoms with E-state index in [4.69, 9.17) is 4.74 Å². The summed E-state index contributed by atoms with van der Waals surface area (Å²) < 4.78 is 5.53. The first-order valence-electron chi connectivity index (χ1n) is 6.66. The molecule has 1 aliphatic heterocycles. The molecule has 3 rings (SSSR count). The lowest BCUT2D eigenvalue weighted by atomic mass is 9.85. The largest absolute Gasteiger partial charge is 0.461 e. The fraction of sp³-hybridized carbons (Fsp3) is 0.667. The second kappa shape index (κ2) is 3.72. The van der Waals surface area contributed by atoms with E-state index < -0.39 is 0 Å². The Morgan fingerprint density at radius 3 is 2.59 bits per heavy atom. The van der Waals surface area contributed by atoms with Crippen LogP contribution >= 0.6 is 0 Å². The first-order chi connectivity index (χ1) is 8.08. The van der Waals surface area contributed by atoms with Crippen LogP contribution in [0.2, 0.25) is 0 Å². The number of fused-ring (bicyclic) bond motifs is 2. The van der Waals surface area contributed by atoms with Crippen molar-refractivity contribution >= 4 is 5.97 Å². The molecule has 0 aromatic rings. The Morgan fingerprint density at radius 2 is 1.82 bits per heavy atom. The molecule has 0 aromatic carbocycles. The standard InChI is InChI=1S/C15H20O2/c1-8-4-5-11-9(2)6-14-13(7-12(8)11)10(3)15(16)17-14/h10,13-14H,4-7H2,1-3H3. The molecule has 17 heavy (non-hydrogen) atoms. The molecule has 0 saturated carbocycles. The van der Waals surface area contributed by atoms with Crippen molar-refractivity contribution in [2.45, 2.75) is 52.6 Å². The summed E-state index contributed by atoms with van der Waals surface area (Å²) in [5.41, 5.74) is 6.10. The van der Waals surface area contributed by atoms with Gasteiger partial charge in [0.15, 0.2) is 0 Å². The van der Waals surface area contributed by atoms with Crippen LogP contribution in [0.25, 0.3) is 0 Å². The van der Waals surface area contributed by atoms with Gasteiger partial charge in [-0.1, -0.05) is 18.1 Å². The highest BCUT2D eigenvalue weighted by molar-refractivity contribution is 5.75. The van der Waals surface area contributed by atoms with Gasteiger partial charge in [0.05, 0.1) is 5.92 Å². The van der Waals surface area contributed by atoms with E-state index in [1.807, 2.05) is 6.92 Å². The summed E-state index contributed by atoms with van der Waals surface area (Å²) in [7, 11) is 0.